The molecule has 5 heteroatoms. The van der Waals surface area contributed by atoms with Crippen LogP contribution in [0.15, 0.2) is 48.5 Å². The molecular weight excluding hydrogens is 309 g/mol. The third-order valence-corrected chi connectivity index (χ3v) is 4.48. The summed E-state index contributed by atoms with van der Waals surface area (Å²) < 4.78 is 13.0. The van der Waals surface area contributed by atoms with Gasteiger partial charge in [-0.25, -0.2) is 9.18 Å². The highest BCUT2D eigenvalue weighted by atomic mass is 19.1. The number of carboxylic acid groups (broad SMARTS) is 1. The Morgan fingerprint density at radius 1 is 1.04 bits per heavy atom. The Hall–Kier alpha value is -2.69. The van der Waals surface area contributed by atoms with Crippen LogP contribution in [-0.4, -0.2) is 23.5 Å². The van der Waals surface area contributed by atoms with Gasteiger partial charge in [-0.2, -0.15) is 0 Å². The number of nitrogens with one attached hydrogen (secondary N) is 1. The average molecular weight is 327 g/mol. The van der Waals surface area contributed by atoms with Crippen molar-refractivity contribution >= 4 is 11.9 Å². The molecule has 1 aliphatic rings. The van der Waals surface area contributed by atoms with E-state index in [2.05, 4.69) is 5.32 Å². The van der Waals surface area contributed by atoms with Gasteiger partial charge in [0.05, 0.1) is 11.0 Å². The number of halogens is 1. The van der Waals surface area contributed by atoms with Crippen LogP contribution in [0.2, 0.25) is 0 Å². The summed E-state index contributed by atoms with van der Waals surface area (Å²) in [5.41, 5.74) is 1.55. The van der Waals surface area contributed by atoms with Gasteiger partial charge >= 0.3 is 5.97 Å². The highest BCUT2D eigenvalue weighted by Gasteiger charge is 2.50. The largest absolute Gasteiger partial charge is 0.478 e. The van der Waals surface area contributed by atoms with E-state index in [-0.39, 0.29) is 17.3 Å². The van der Waals surface area contributed by atoms with Gasteiger partial charge in [0.25, 0.3) is 0 Å². The first kappa shape index (κ1) is 16.2. The molecule has 2 aromatic carbocycles. The number of carbonyl (C=O) groups excluding carboxylic acids is 1. The van der Waals surface area contributed by atoms with Crippen molar-refractivity contribution in [2.45, 2.75) is 24.7 Å². The number of carbonyl (C=O) groups is 2. The average Bonchev–Trinajstić information content (AvgIpc) is 3.38. The van der Waals surface area contributed by atoms with Gasteiger partial charge < -0.3 is 10.4 Å². The summed E-state index contributed by atoms with van der Waals surface area (Å²) in [5, 5.41) is 11.8. The van der Waals surface area contributed by atoms with Crippen molar-refractivity contribution in [3.05, 3.63) is 71.0 Å². The molecule has 0 spiro atoms. The Labute approximate surface area is 139 Å². The lowest BCUT2D eigenvalue weighted by Crippen LogP contribution is -2.35. The number of rotatable bonds is 6. The molecule has 0 heterocycles. The lowest BCUT2D eigenvalue weighted by molar-refractivity contribution is -0.123. The molecule has 0 unspecified atom stereocenters. The van der Waals surface area contributed by atoms with Crippen LogP contribution in [0.25, 0.3) is 0 Å². The highest BCUT2D eigenvalue weighted by Crippen LogP contribution is 2.48. The Morgan fingerprint density at radius 2 is 1.67 bits per heavy atom. The molecule has 0 aliphatic heterocycles. The third-order valence-electron chi connectivity index (χ3n) is 4.48. The van der Waals surface area contributed by atoms with Gasteiger partial charge in [-0.15, -0.1) is 0 Å². The van der Waals surface area contributed by atoms with Crippen LogP contribution in [0.1, 0.15) is 34.3 Å². The summed E-state index contributed by atoms with van der Waals surface area (Å²) in [5.74, 6) is -1.29. The van der Waals surface area contributed by atoms with Crippen molar-refractivity contribution in [2.75, 3.05) is 6.54 Å². The van der Waals surface area contributed by atoms with E-state index in [1.165, 1.54) is 12.1 Å². The summed E-state index contributed by atoms with van der Waals surface area (Å²) in [7, 11) is 0. The lowest BCUT2D eigenvalue weighted by Gasteiger charge is -2.16. The van der Waals surface area contributed by atoms with Crippen molar-refractivity contribution in [1.82, 2.24) is 5.32 Å². The summed E-state index contributed by atoms with van der Waals surface area (Å²) in [4.78, 5) is 23.3. The molecule has 0 saturated heterocycles. The quantitative estimate of drug-likeness (QED) is 0.857. The van der Waals surface area contributed by atoms with Crippen molar-refractivity contribution in [3.8, 4) is 0 Å². The third kappa shape index (κ3) is 3.30. The first-order valence-corrected chi connectivity index (χ1v) is 7.88. The second-order valence-corrected chi connectivity index (χ2v) is 6.10. The van der Waals surface area contributed by atoms with Crippen LogP contribution in [0.4, 0.5) is 4.39 Å². The predicted molar refractivity (Wildman–Crippen MR) is 87.4 cm³/mol. The molecule has 1 saturated carbocycles. The maximum Gasteiger partial charge on any atom is 0.335 e. The van der Waals surface area contributed by atoms with E-state index in [1.807, 2.05) is 0 Å². The number of hydrogen-bond acceptors (Lipinski definition) is 2. The smallest absolute Gasteiger partial charge is 0.335 e. The van der Waals surface area contributed by atoms with Crippen molar-refractivity contribution < 1.29 is 19.1 Å². The van der Waals surface area contributed by atoms with Gasteiger partial charge in [-0.3, -0.25) is 4.79 Å². The molecule has 3 rings (SSSR count). The van der Waals surface area contributed by atoms with Gasteiger partial charge in [0.2, 0.25) is 5.91 Å². The highest BCUT2D eigenvalue weighted by molar-refractivity contribution is 5.91. The number of carboxylic acids is 1. The summed E-state index contributed by atoms with van der Waals surface area (Å²) in [6, 6.07) is 12.7. The van der Waals surface area contributed by atoms with E-state index in [0.29, 0.717) is 13.0 Å². The molecule has 0 bridgehead atoms. The van der Waals surface area contributed by atoms with Gasteiger partial charge in [-0.1, -0.05) is 24.3 Å². The Kier molecular flexibility index (Phi) is 4.34. The lowest BCUT2D eigenvalue weighted by atomic mass is 9.95. The summed E-state index contributed by atoms with van der Waals surface area (Å²) in [6.45, 7) is 0.480. The van der Waals surface area contributed by atoms with E-state index < -0.39 is 11.4 Å². The summed E-state index contributed by atoms with van der Waals surface area (Å²) >= 11 is 0. The van der Waals surface area contributed by atoms with Gasteiger partial charge in [0, 0.05) is 6.54 Å². The number of hydrogen-bond donors (Lipinski definition) is 2. The van der Waals surface area contributed by atoms with E-state index in [4.69, 9.17) is 5.11 Å². The maximum absolute atomic E-state index is 13.0. The van der Waals surface area contributed by atoms with Crippen molar-refractivity contribution in [3.63, 3.8) is 0 Å². The molecule has 1 fully saturated rings. The van der Waals surface area contributed by atoms with Crippen LogP contribution >= 0.6 is 0 Å². The fraction of sp³-hybridized carbons (Fsp3) is 0.263. The van der Waals surface area contributed by atoms with Gasteiger partial charge in [0.1, 0.15) is 5.82 Å². The van der Waals surface area contributed by atoms with E-state index in [1.54, 1.807) is 36.4 Å². The molecule has 1 aliphatic carbocycles. The van der Waals surface area contributed by atoms with Gasteiger partial charge in [-0.05, 0) is 54.7 Å². The first-order valence-electron chi connectivity index (χ1n) is 7.88. The minimum absolute atomic E-state index is 0.0312. The fourth-order valence-corrected chi connectivity index (χ4v) is 2.84. The van der Waals surface area contributed by atoms with E-state index in [0.717, 1.165) is 24.0 Å². The Morgan fingerprint density at radius 3 is 2.21 bits per heavy atom. The van der Waals surface area contributed by atoms with Gasteiger partial charge in [0.15, 0.2) is 0 Å². The number of aromatic carboxylic acids is 1. The van der Waals surface area contributed by atoms with Crippen LogP contribution in [0, 0.1) is 5.82 Å². The van der Waals surface area contributed by atoms with Crippen LogP contribution in [-0.2, 0) is 16.6 Å². The molecule has 24 heavy (non-hydrogen) atoms. The number of benzene rings is 2. The number of amides is 1. The first-order chi connectivity index (χ1) is 11.5. The zero-order chi connectivity index (χ0) is 17.2. The summed E-state index contributed by atoms with van der Waals surface area (Å²) in [6.07, 6.45) is 2.18. The van der Waals surface area contributed by atoms with Crippen LogP contribution in [0.5, 0.6) is 0 Å². The molecule has 0 aromatic heterocycles. The minimum atomic E-state index is -0.954. The van der Waals surface area contributed by atoms with Crippen molar-refractivity contribution in [1.29, 1.82) is 0 Å². The van der Waals surface area contributed by atoms with Crippen LogP contribution in [0.3, 0.4) is 0 Å². The molecule has 2 aromatic rings. The SMILES string of the molecule is O=C(O)c1ccc(CCNC(=O)C2(c3ccc(F)cc3)CC2)cc1. The molecule has 2 N–H and O–H groups in total. The topological polar surface area (TPSA) is 66.4 Å². The van der Waals surface area contributed by atoms with Crippen LogP contribution < -0.4 is 5.32 Å². The predicted octanol–water partition coefficient (Wildman–Crippen LogP) is 2.91. The molecular formula is C19H18FNO3. The zero-order valence-corrected chi connectivity index (χ0v) is 13.1. The minimum Gasteiger partial charge on any atom is -0.478 e. The maximum atomic E-state index is 13.0. The Bertz CT molecular complexity index is 749. The fourth-order valence-electron chi connectivity index (χ4n) is 2.84. The monoisotopic (exact) mass is 327 g/mol. The standard InChI is InChI=1S/C19H18FNO3/c20-16-7-5-15(6-8-16)19(10-11-19)18(24)21-12-9-13-1-3-14(4-2-13)17(22)23/h1-8H,9-12H2,(H,21,24)(H,22,23). The molecule has 4 nitrogen and oxygen atoms in total. The molecule has 124 valence electrons. The molecule has 0 atom stereocenters. The van der Waals surface area contributed by atoms with E-state index >= 15 is 0 Å². The second-order valence-electron chi connectivity index (χ2n) is 6.10. The molecule has 1 amide bonds. The molecule has 0 radical (unpaired) electrons. The zero-order valence-electron chi connectivity index (χ0n) is 13.1. The normalized spacial score (nSPS) is 14.9. The van der Waals surface area contributed by atoms with E-state index in [9.17, 15) is 14.0 Å². The van der Waals surface area contributed by atoms with Crippen molar-refractivity contribution in [2.24, 2.45) is 0 Å². The second kappa shape index (κ2) is 6.43. The Balaban J connectivity index is 1.56.